The first-order valence-corrected chi connectivity index (χ1v) is 8.57. The van der Waals surface area contributed by atoms with Crippen molar-refractivity contribution in [2.24, 2.45) is 11.7 Å². The Morgan fingerprint density at radius 2 is 2.04 bits per heavy atom. The van der Waals surface area contributed by atoms with Gasteiger partial charge in [-0.15, -0.1) is 0 Å². The van der Waals surface area contributed by atoms with Crippen LogP contribution in [0.25, 0.3) is 0 Å². The summed E-state index contributed by atoms with van der Waals surface area (Å²) in [5.41, 5.74) is 6.42. The predicted molar refractivity (Wildman–Crippen MR) is 91.9 cm³/mol. The van der Waals surface area contributed by atoms with Crippen molar-refractivity contribution in [1.82, 2.24) is 5.32 Å². The van der Waals surface area contributed by atoms with Crippen LogP contribution in [0.1, 0.15) is 30.9 Å². The maximum absolute atomic E-state index is 14.0. The summed E-state index contributed by atoms with van der Waals surface area (Å²) in [6.45, 7) is 0.905. The molecule has 7 heteroatoms. The molecule has 0 radical (unpaired) electrons. The van der Waals surface area contributed by atoms with Gasteiger partial charge < -0.3 is 26.5 Å². The number of hydrogen-bond acceptors (Lipinski definition) is 5. The van der Waals surface area contributed by atoms with Crippen LogP contribution < -0.4 is 16.4 Å². The minimum atomic E-state index is -0.918. The van der Waals surface area contributed by atoms with Gasteiger partial charge in [0, 0.05) is 24.2 Å². The van der Waals surface area contributed by atoms with Crippen molar-refractivity contribution in [1.29, 1.82) is 5.41 Å². The Labute approximate surface area is 145 Å². The molecule has 2 aliphatic heterocycles. The van der Waals surface area contributed by atoms with Gasteiger partial charge >= 0.3 is 0 Å². The number of nitrogens with one attached hydrogen (secondary N) is 3. The Morgan fingerprint density at radius 1 is 1.32 bits per heavy atom. The molecule has 0 aromatic heterocycles. The lowest BCUT2D eigenvalue weighted by atomic mass is 10.0. The standard InChI is InChI=1S/C18H21FN4O2/c19-14(15(20)9-1-2-9)16(21)18(24)23-11-5-3-10(4-6-11)17-13-7-12(25-17)8-22-13/h3-6,9,12-13,17,20,22H,1-2,7-8,21H2,(H,23,24)/b16-14+,20-15?/t12-,13-,17+/m1/s1. The molecule has 2 saturated heterocycles. The first kappa shape index (κ1) is 16.2. The van der Waals surface area contributed by atoms with E-state index in [-0.39, 0.29) is 23.8 Å². The number of hydrogen-bond donors (Lipinski definition) is 4. The number of halogens is 1. The van der Waals surface area contributed by atoms with Crippen molar-refractivity contribution in [3.05, 3.63) is 41.4 Å². The summed E-state index contributed by atoms with van der Waals surface area (Å²) in [6, 6.07) is 7.63. The lowest BCUT2D eigenvalue weighted by molar-refractivity contribution is -0.113. The molecule has 25 heavy (non-hydrogen) atoms. The van der Waals surface area contributed by atoms with Gasteiger partial charge in [0.2, 0.25) is 0 Å². The number of benzene rings is 1. The normalized spacial score (nSPS) is 28.6. The van der Waals surface area contributed by atoms with E-state index in [1.165, 1.54) is 0 Å². The molecular formula is C18H21FN4O2. The molecule has 1 aromatic carbocycles. The van der Waals surface area contributed by atoms with E-state index in [1.807, 2.05) is 12.1 Å². The highest BCUT2D eigenvalue weighted by Gasteiger charge is 2.41. The van der Waals surface area contributed by atoms with Crippen molar-refractivity contribution in [3.8, 4) is 0 Å². The number of morpholine rings is 1. The van der Waals surface area contributed by atoms with Crippen molar-refractivity contribution >= 4 is 17.3 Å². The summed E-state index contributed by atoms with van der Waals surface area (Å²) in [7, 11) is 0. The maximum atomic E-state index is 14.0. The van der Waals surface area contributed by atoms with E-state index in [9.17, 15) is 9.18 Å². The topological polar surface area (TPSA) is 100 Å². The molecule has 1 amide bonds. The maximum Gasteiger partial charge on any atom is 0.274 e. The lowest BCUT2D eigenvalue weighted by Gasteiger charge is -2.23. The van der Waals surface area contributed by atoms with Gasteiger partial charge in [0.15, 0.2) is 5.83 Å². The first-order chi connectivity index (χ1) is 12.0. The molecule has 4 rings (SSSR count). The fourth-order valence-electron chi connectivity index (χ4n) is 3.43. The fourth-order valence-corrected chi connectivity index (χ4v) is 3.43. The van der Waals surface area contributed by atoms with E-state index < -0.39 is 17.4 Å². The molecule has 2 bridgehead atoms. The third-order valence-electron chi connectivity index (χ3n) is 5.03. The van der Waals surface area contributed by atoms with Gasteiger partial charge in [0.25, 0.3) is 5.91 Å². The van der Waals surface area contributed by atoms with Gasteiger partial charge in [0.1, 0.15) is 5.70 Å². The second kappa shape index (κ2) is 6.24. The largest absolute Gasteiger partial charge is 0.392 e. The zero-order valence-electron chi connectivity index (χ0n) is 13.7. The Kier molecular flexibility index (Phi) is 4.05. The molecule has 3 atom stereocenters. The zero-order valence-corrected chi connectivity index (χ0v) is 13.7. The Hall–Kier alpha value is -2.25. The molecule has 3 aliphatic rings. The quantitative estimate of drug-likeness (QED) is 0.485. The van der Waals surface area contributed by atoms with Crippen molar-refractivity contribution in [3.63, 3.8) is 0 Å². The predicted octanol–water partition coefficient (Wildman–Crippen LogP) is 2.00. The van der Waals surface area contributed by atoms with Crippen LogP contribution in [0.5, 0.6) is 0 Å². The molecule has 5 N–H and O–H groups in total. The number of carbonyl (C=O) groups excluding carboxylic acids is 1. The van der Waals surface area contributed by atoms with E-state index in [1.54, 1.807) is 12.1 Å². The SMILES string of the molecule is N=C(/C(F)=C(\N)C(=O)Nc1ccc([C@@H]2O[C@H]3CN[C@@H]2C3)cc1)C1CC1. The van der Waals surface area contributed by atoms with Gasteiger partial charge in [-0.25, -0.2) is 4.39 Å². The Balaban J connectivity index is 1.41. The summed E-state index contributed by atoms with van der Waals surface area (Å²) < 4.78 is 20.0. The third-order valence-corrected chi connectivity index (χ3v) is 5.03. The number of allylic oxidation sites excluding steroid dienone is 1. The van der Waals surface area contributed by atoms with Gasteiger partial charge in [-0.3, -0.25) is 4.79 Å². The van der Waals surface area contributed by atoms with Gasteiger partial charge in [-0.2, -0.15) is 0 Å². The minimum Gasteiger partial charge on any atom is -0.392 e. The molecule has 0 unspecified atom stereocenters. The average Bonchev–Trinajstić information content (AvgIpc) is 3.27. The summed E-state index contributed by atoms with van der Waals surface area (Å²) in [5, 5.41) is 13.7. The second-order valence-electron chi connectivity index (χ2n) is 6.92. The highest BCUT2D eigenvalue weighted by atomic mass is 19.1. The summed E-state index contributed by atoms with van der Waals surface area (Å²) in [5.74, 6) is -1.74. The first-order valence-electron chi connectivity index (χ1n) is 8.57. The number of ether oxygens (including phenoxy) is 1. The number of rotatable bonds is 5. The number of carbonyl (C=O) groups is 1. The average molecular weight is 344 g/mol. The van der Waals surface area contributed by atoms with E-state index in [4.69, 9.17) is 15.9 Å². The van der Waals surface area contributed by atoms with Gasteiger partial charge in [-0.05, 0) is 37.0 Å². The highest BCUT2D eigenvalue weighted by molar-refractivity contribution is 6.10. The summed E-state index contributed by atoms with van der Waals surface area (Å²) in [4.78, 5) is 12.1. The minimum absolute atomic E-state index is 0.0323. The van der Waals surface area contributed by atoms with E-state index in [0.717, 1.165) is 31.4 Å². The summed E-state index contributed by atoms with van der Waals surface area (Å²) in [6.07, 6.45) is 2.90. The van der Waals surface area contributed by atoms with Crippen molar-refractivity contribution in [2.75, 3.05) is 11.9 Å². The third kappa shape index (κ3) is 3.17. The molecule has 1 saturated carbocycles. The van der Waals surface area contributed by atoms with Crippen LogP contribution >= 0.6 is 0 Å². The molecule has 6 nitrogen and oxygen atoms in total. The zero-order chi connectivity index (χ0) is 17.6. The number of nitrogens with two attached hydrogens (primary N) is 1. The van der Waals surface area contributed by atoms with Gasteiger partial charge in [-0.1, -0.05) is 12.1 Å². The Bertz CT molecular complexity index is 742. The molecular weight excluding hydrogens is 323 g/mol. The van der Waals surface area contributed by atoms with Crippen molar-refractivity contribution < 1.29 is 13.9 Å². The van der Waals surface area contributed by atoms with Crippen LogP contribution in [0.2, 0.25) is 0 Å². The van der Waals surface area contributed by atoms with E-state index >= 15 is 0 Å². The van der Waals surface area contributed by atoms with Crippen LogP contribution in [0.4, 0.5) is 10.1 Å². The van der Waals surface area contributed by atoms with Gasteiger partial charge in [0.05, 0.1) is 17.9 Å². The molecule has 0 spiro atoms. The fraction of sp³-hybridized carbons (Fsp3) is 0.444. The van der Waals surface area contributed by atoms with Crippen LogP contribution in [0.3, 0.4) is 0 Å². The van der Waals surface area contributed by atoms with Crippen LogP contribution in [-0.2, 0) is 9.53 Å². The number of fused-ring (bicyclic) bond motifs is 2. The number of amides is 1. The van der Waals surface area contributed by atoms with E-state index in [2.05, 4.69) is 10.6 Å². The molecule has 2 heterocycles. The molecule has 1 aromatic rings. The van der Waals surface area contributed by atoms with Crippen LogP contribution in [0.15, 0.2) is 35.8 Å². The van der Waals surface area contributed by atoms with Crippen molar-refractivity contribution in [2.45, 2.75) is 37.5 Å². The second-order valence-corrected chi connectivity index (χ2v) is 6.92. The molecule has 3 fully saturated rings. The summed E-state index contributed by atoms with van der Waals surface area (Å²) >= 11 is 0. The lowest BCUT2D eigenvalue weighted by Crippen LogP contribution is -2.33. The molecule has 132 valence electrons. The van der Waals surface area contributed by atoms with Crippen LogP contribution in [0, 0.1) is 11.3 Å². The van der Waals surface area contributed by atoms with E-state index in [0.29, 0.717) is 11.7 Å². The number of anilines is 1. The van der Waals surface area contributed by atoms with Crippen LogP contribution in [-0.4, -0.2) is 30.3 Å². The monoisotopic (exact) mass is 344 g/mol. The smallest absolute Gasteiger partial charge is 0.274 e. The Morgan fingerprint density at radius 3 is 2.60 bits per heavy atom. The molecule has 1 aliphatic carbocycles. The highest BCUT2D eigenvalue weighted by Crippen LogP contribution is 2.37.